The Morgan fingerprint density at radius 3 is 2.00 bits per heavy atom. The van der Waals surface area contributed by atoms with Crippen LogP contribution in [0.1, 0.15) is 37.5 Å². The molecular weight excluding hydrogens is 226 g/mol. The van der Waals surface area contributed by atoms with E-state index in [9.17, 15) is 0 Å². The van der Waals surface area contributed by atoms with E-state index < -0.39 is 0 Å². The number of benzene rings is 1. The molecule has 3 nitrogen and oxygen atoms in total. The number of rotatable bonds is 2. The third-order valence-electron chi connectivity index (χ3n) is 3.92. The molecule has 0 bridgehead atoms. The molecule has 0 spiro atoms. The molecule has 1 aromatic rings. The summed E-state index contributed by atoms with van der Waals surface area (Å²) >= 11 is 0. The second-order valence-electron chi connectivity index (χ2n) is 5.45. The maximum absolute atomic E-state index is 6.02. The van der Waals surface area contributed by atoms with Gasteiger partial charge in [0.05, 0.1) is 12.2 Å². The van der Waals surface area contributed by atoms with E-state index in [2.05, 4.69) is 29.2 Å². The predicted molar refractivity (Wildman–Crippen MR) is 71.7 cm³/mol. The summed E-state index contributed by atoms with van der Waals surface area (Å²) < 4.78 is 12.0. The number of hydrogen-bond donors (Lipinski definition) is 0. The van der Waals surface area contributed by atoms with E-state index >= 15 is 0 Å². The van der Waals surface area contributed by atoms with Crippen molar-refractivity contribution in [2.45, 2.75) is 44.2 Å². The zero-order valence-electron chi connectivity index (χ0n) is 11.1. The van der Waals surface area contributed by atoms with Gasteiger partial charge in [-0.3, -0.25) is 0 Å². The molecule has 3 rings (SSSR count). The Hall–Kier alpha value is -1.06. The zero-order chi connectivity index (χ0) is 12.5. The van der Waals surface area contributed by atoms with Crippen molar-refractivity contribution < 1.29 is 9.47 Å². The first-order valence-electron chi connectivity index (χ1n) is 6.82. The lowest BCUT2D eigenvalue weighted by Crippen LogP contribution is -2.25. The van der Waals surface area contributed by atoms with Crippen molar-refractivity contribution in [2.24, 2.45) is 0 Å². The van der Waals surface area contributed by atoms with Gasteiger partial charge in [-0.25, -0.2) is 0 Å². The summed E-state index contributed by atoms with van der Waals surface area (Å²) in [5.41, 5.74) is 2.34. The molecule has 0 unspecified atom stereocenters. The van der Waals surface area contributed by atoms with Crippen molar-refractivity contribution >= 4 is 5.69 Å². The molecule has 1 aliphatic heterocycles. The van der Waals surface area contributed by atoms with Gasteiger partial charge < -0.3 is 14.4 Å². The van der Waals surface area contributed by atoms with E-state index in [0.29, 0.717) is 12.2 Å². The van der Waals surface area contributed by atoms with Gasteiger partial charge in [0.15, 0.2) is 6.29 Å². The second kappa shape index (κ2) is 4.90. The number of anilines is 1. The standard InChI is InChI=1S/C15H21NO2/c1-16(2)12-9-7-11(8-10-12)15-17-13-5-3-4-6-14(13)18-15/h7-10,13-15H,3-6H2,1-2H3/t13-,14-/m1/s1. The minimum absolute atomic E-state index is 0.158. The molecule has 0 aromatic heterocycles. The van der Waals surface area contributed by atoms with Crippen LogP contribution in [0.15, 0.2) is 24.3 Å². The van der Waals surface area contributed by atoms with Gasteiger partial charge >= 0.3 is 0 Å². The molecule has 18 heavy (non-hydrogen) atoms. The lowest BCUT2D eigenvalue weighted by molar-refractivity contribution is -0.0680. The van der Waals surface area contributed by atoms with Gasteiger partial charge in [0.2, 0.25) is 0 Å². The monoisotopic (exact) mass is 247 g/mol. The normalized spacial score (nSPS) is 28.1. The Morgan fingerprint density at radius 2 is 1.50 bits per heavy atom. The first kappa shape index (κ1) is 12.0. The van der Waals surface area contributed by atoms with Gasteiger partial charge in [-0.1, -0.05) is 25.0 Å². The SMILES string of the molecule is CN(C)c1ccc(C2O[C@@H]3CCCC[C@H]3O2)cc1. The summed E-state index contributed by atoms with van der Waals surface area (Å²) in [7, 11) is 4.10. The van der Waals surface area contributed by atoms with E-state index in [1.54, 1.807) is 0 Å². The number of fused-ring (bicyclic) bond motifs is 1. The molecule has 98 valence electrons. The smallest absolute Gasteiger partial charge is 0.184 e. The van der Waals surface area contributed by atoms with Crippen LogP contribution in [0, 0.1) is 0 Å². The highest BCUT2D eigenvalue weighted by atomic mass is 16.7. The summed E-state index contributed by atoms with van der Waals surface area (Å²) in [6.07, 6.45) is 5.32. The summed E-state index contributed by atoms with van der Waals surface area (Å²) in [6.45, 7) is 0. The van der Waals surface area contributed by atoms with Gasteiger partial charge in [-0.05, 0) is 25.0 Å². The molecule has 1 saturated carbocycles. The van der Waals surface area contributed by atoms with Crippen molar-refractivity contribution in [2.75, 3.05) is 19.0 Å². The van der Waals surface area contributed by atoms with Crippen molar-refractivity contribution in [1.82, 2.24) is 0 Å². The minimum Gasteiger partial charge on any atom is -0.378 e. The molecule has 1 aliphatic carbocycles. The van der Waals surface area contributed by atoms with Crippen LogP contribution in [0.4, 0.5) is 5.69 Å². The van der Waals surface area contributed by atoms with Crippen LogP contribution in [0.3, 0.4) is 0 Å². The Balaban J connectivity index is 1.71. The van der Waals surface area contributed by atoms with Crippen LogP contribution in [0.25, 0.3) is 0 Å². The van der Waals surface area contributed by atoms with Gasteiger partial charge in [0.1, 0.15) is 0 Å². The minimum atomic E-state index is -0.158. The van der Waals surface area contributed by atoms with Crippen molar-refractivity contribution in [3.8, 4) is 0 Å². The van der Waals surface area contributed by atoms with E-state index in [-0.39, 0.29) is 6.29 Å². The van der Waals surface area contributed by atoms with E-state index in [1.165, 1.54) is 18.5 Å². The second-order valence-corrected chi connectivity index (χ2v) is 5.45. The molecule has 2 atom stereocenters. The maximum atomic E-state index is 6.02. The molecule has 0 radical (unpaired) electrons. The first-order chi connectivity index (χ1) is 8.74. The Labute approximate surface area is 109 Å². The zero-order valence-corrected chi connectivity index (χ0v) is 11.1. The highest BCUT2D eigenvalue weighted by molar-refractivity contribution is 5.46. The molecule has 0 N–H and O–H groups in total. The molecular formula is C15H21NO2. The Morgan fingerprint density at radius 1 is 0.944 bits per heavy atom. The average Bonchev–Trinajstić information content (AvgIpc) is 2.82. The van der Waals surface area contributed by atoms with Crippen LogP contribution in [0.5, 0.6) is 0 Å². The van der Waals surface area contributed by atoms with Crippen LogP contribution in [0.2, 0.25) is 0 Å². The van der Waals surface area contributed by atoms with Crippen molar-refractivity contribution in [1.29, 1.82) is 0 Å². The van der Waals surface area contributed by atoms with E-state index in [0.717, 1.165) is 18.4 Å². The van der Waals surface area contributed by atoms with Crippen LogP contribution in [-0.4, -0.2) is 26.3 Å². The van der Waals surface area contributed by atoms with Gasteiger partial charge in [0, 0.05) is 25.3 Å². The van der Waals surface area contributed by atoms with Gasteiger partial charge in [-0.2, -0.15) is 0 Å². The molecule has 2 aliphatic rings. The summed E-state index contributed by atoms with van der Waals surface area (Å²) in [5.74, 6) is 0. The van der Waals surface area contributed by atoms with Crippen LogP contribution < -0.4 is 4.90 Å². The summed E-state index contributed by atoms with van der Waals surface area (Å²) in [4.78, 5) is 2.10. The maximum Gasteiger partial charge on any atom is 0.184 e. The lowest BCUT2D eigenvalue weighted by Gasteiger charge is -2.21. The third-order valence-corrected chi connectivity index (χ3v) is 3.92. The van der Waals surface area contributed by atoms with Crippen molar-refractivity contribution in [3.63, 3.8) is 0 Å². The number of ether oxygens (including phenoxy) is 2. The van der Waals surface area contributed by atoms with Crippen LogP contribution >= 0.6 is 0 Å². The topological polar surface area (TPSA) is 21.7 Å². The molecule has 1 heterocycles. The third kappa shape index (κ3) is 2.25. The fraction of sp³-hybridized carbons (Fsp3) is 0.600. The quantitative estimate of drug-likeness (QED) is 0.801. The Kier molecular flexibility index (Phi) is 3.27. The molecule has 1 aromatic carbocycles. The fourth-order valence-corrected chi connectivity index (χ4v) is 2.81. The van der Waals surface area contributed by atoms with E-state index in [1.807, 2.05) is 14.1 Å². The highest BCUT2D eigenvalue weighted by Crippen LogP contribution is 2.38. The van der Waals surface area contributed by atoms with Gasteiger partial charge in [0.25, 0.3) is 0 Å². The highest BCUT2D eigenvalue weighted by Gasteiger charge is 2.38. The predicted octanol–water partition coefficient (Wildman–Crippen LogP) is 3.11. The van der Waals surface area contributed by atoms with Crippen molar-refractivity contribution in [3.05, 3.63) is 29.8 Å². The fourth-order valence-electron chi connectivity index (χ4n) is 2.81. The van der Waals surface area contributed by atoms with Gasteiger partial charge in [-0.15, -0.1) is 0 Å². The van der Waals surface area contributed by atoms with E-state index in [4.69, 9.17) is 9.47 Å². The lowest BCUT2D eigenvalue weighted by atomic mass is 9.95. The molecule has 3 heteroatoms. The number of hydrogen-bond acceptors (Lipinski definition) is 3. The Bertz CT molecular complexity index is 387. The summed E-state index contributed by atoms with van der Waals surface area (Å²) in [6, 6.07) is 8.45. The average molecular weight is 247 g/mol. The molecule has 0 amide bonds. The largest absolute Gasteiger partial charge is 0.378 e. The molecule has 2 fully saturated rings. The summed E-state index contributed by atoms with van der Waals surface area (Å²) in [5, 5.41) is 0. The van der Waals surface area contributed by atoms with Crippen LogP contribution in [-0.2, 0) is 9.47 Å². The first-order valence-corrected chi connectivity index (χ1v) is 6.82. The molecule has 1 saturated heterocycles. The number of nitrogens with zero attached hydrogens (tertiary/aromatic N) is 1.